The van der Waals surface area contributed by atoms with E-state index in [0.717, 1.165) is 24.2 Å². The van der Waals surface area contributed by atoms with Gasteiger partial charge >= 0.3 is 5.97 Å². The summed E-state index contributed by atoms with van der Waals surface area (Å²) in [6, 6.07) is 8.40. The van der Waals surface area contributed by atoms with E-state index < -0.39 is 12.1 Å². The first kappa shape index (κ1) is 28.8. The van der Waals surface area contributed by atoms with E-state index in [2.05, 4.69) is 10.1 Å². The van der Waals surface area contributed by atoms with Crippen molar-refractivity contribution < 1.29 is 38.1 Å². The fourth-order valence-electron chi connectivity index (χ4n) is 5.54. The van der Waals surface area contributed by atoms with Crippen molar-refractivity contribution in [1.82, 2.24) is 10.1 Å². The van der Waals surface area contributed by atoms with E-state index in [0.29, 0.717) is 61.6 Å². The second kappa shape index (κ2) is 11.5. The number of rotatable bonds is 10. The summed E-state index contributed by atoms with van der Waals surface area (Å²) in [5, 5.41) is 15.3. The van der Waals surface area contributed by atoms with E-state index in [-0.39, 0.29) is 36.6 Å². The highest BCUT2D eigenvalue weighted by Gasteiger charge is 2.50. The zero-order valence-corrected chi connectivity index (χ0v) is 25.6. The number of fused-ring (bicyclic) bond motifs is 2. The van der Waals surface area contributed by atoms with Crippen molar-refractivity contribution in [3.8, 4) is 22.2 Å². The molecule has 0 bridgehead atoms. The van der Waals surface area contributed by atoms with Crippen LogP contribution in [0.5, 0.6) is 10.9 Å². The van der Waals surface area contributed by atoms with Crippen molar-refractivity contribution in [2.45, 2.75) is 69.7 Å². The second-order valence-corrected chi connectivity index (χ2v) is 12.9. The summed E-state index contributed by atoms with van der Waals surface area (Å²) >= 11 is 14.3. The Balaban J connectivity index is 1.06. The number of aromatic carboxylic acids is 1. The summed E-state index contributed by atoms with van der Waals surface area (Å²) < 4.78 is 37.1. The van der Waals surface area contributed by atoms with Crippen LogP contribution in [0.1, 0.15) is 54.3 Å². The van der Waals surface area contributed by atoms with Crippen LogP contribution in [0.15, 0.2) is 34.9 Å². The van der Waals surface area contributed by atoms with E-state index in [1.807, 2.05) is 13.8 Å². The lowest BCUT2D eigenvalue weighted by atomic mass is 10.0. The Labute approximate surface area is 260 Å². The number of carboxylic acids is 1. The van der Waals surface area contributed by atoms with Gasteiger partial charge in [0.15, 0.2) is 6.10 Å². The average Bonchev–Trinajstić information content (AvgIpc) is 3.26. The zero-order valence-electron chi connectivity index (χ0n) is 23.2. The maximum Gasteiger partial charge on any atom is 0.335 e. The van der Waals surface area contributed by atoms with E-state index in [4.69, 9.17) is 51.4 Å². The van der Waals surface area contributed by atoms with Gasteiger partial charge in [0.05, 0.1) is 46.2 Å². The van der Waals surface area contributed by atoms with Crippen LogP contribution >= 0.6 is 34.5 Å². The summed E-state index contributed by atoms with van der Waals surface area (Å²) in [5.74, 6) is 0.471. The Bertz CT molecular complexity index is 1670. The number of aromatic nitrogens is 2. The fraction of sp³-hybridized carbons (Fsp3) is 0.433. The molecule has 226 valence electrons. The van der Waals surface area contributed by atoms with Gasteiger partial charge in [0.1, 0.15) is 41.0 Å². The van der Waals surface area contributed by atoms with Crippen LogP contribution < -0.4 is 9.47 Å². The van der Waals surface area contributed by atoms with Crippen LogP contribution in [0.2, 0.25) is 10.0 Å². The van der Waals surface area contributed by atoms with Gasteiger partial charge in [-0.15, -0.1) is 0 Å². The Kier molecular flexibility index (Phi) is 7.73. The largest absolute Gasteiger partial charge is 0.489 e. The molecule has 7 rings (SSSR count). The van der Waals surface area contributed by atoms with Crippen molar-refractivity contribution in [2.24, 2.45) is 0 Å². The quantitative estimate of drug-likeness (QED) is 0.198. The molecule has 2 saturated heterocycles. The summed E-state index contributed by atoms with van der Waals surface area (Å²) in [7, 11) is 0. The number of hydrogen-bond acceptors (Lipinski definition) is 10. The van der Waals surface area contributed by atoms with Gasteiger partial charge in [-0.2, -0.15) is 4.98 Å². The number of hydrogen-bond donors (Lipinski definition) is 1. The molecule has 1 saturated carbocycles. The van der Waals surface area contributed by atoms with Crippen molar-refractivity contribution >= 4 is 50.7 Å². The van der Waals surface area contributed by atoms with Crippen LogP contribution in [0.3, 0.4) is 0 Å². The molecular formula is C30H28Cl2N2O8S. The number of carboxylic acid groups (broad SMARTS) is 1. The molecule has 43 heavy (non-hydrogen) atoms. The summed E-state index contributed by atoms with van der Waals surface area (Å²) in [4.78, 5) is 16.3. The van der Waals surface area contributed by atoms with Gasteiger partial charge in [-0.05, 0) is 51.0 Å². The Morgan fingerprint density at radius 1 is 1.12 bits per heavy atom. The topological polar surface area (TPSA) is 122 Å². The van der Waals surface area contributed by atoms with Gasteiger partial charge in [-0.25, -0.2) is 4.79 Å². The smallest absolute Gasteiger partial charge is 0.335 e. The lowest BCUT2D eigenvalue weighted by Gasteiger charge is -2.17. The number of benzene rings is 2. The number of thiazole rings is 1. The van der Waals surface area contributed by atoms with Crippen LogP contribution in [0.4, 0.5) is 0 Å². The standard InChI is InChI=1S/C30H28Cl2N2O8S/c1-13(2)40-19-8-15(29(35)36)9-22-25(19)33-30(43-22)41-21-12-39-27-20(11-38-28(21)27)37-10-16-24(34-42-26(16)14-6-7-14)23-17(31)4-3-5-18(23)32/h3-5,8-9,13-14,20-21,27-28H,6-7,10-12H2,1-2H3,(H,35,36)/t20-,21-,27-,28-/m1/s1. The van der Waals surface area contributed by atoms with Crippen LogP contribution in [-0.4, -0.2) is 65.0 Å². The Morgan fingerprint density at radius 3 is 2.53 bits per heavy atom. The minimum atomic E-state index is -1.04. The van der Waals surface area contributed by atoms with Gasteiger partial charge in [0, 0.05) is 17.0 Å². The lowest BCUT2D eigenvalue weighted by Crippen LogP contribution is -2.35. The number of halogens is 2. The predicted octanol–water partition coefficient (Wildman–Crippen LogP) is 6.75. The first-order valence-corrected chi connectivity index (χ1v) is 15.6. The van der Waals surface area contributed by atoms with E-state index in [9.17, 15) is 9.90 Å². The zero-order chi connectivity index (χ0) is 29.8. The lowest BCUT2D eigenvalue weighted by molar-refractivity contribution is -0.0428. The van der Waals surface area contributed by atoms with Gasteiger partial charge in [-0.1, -0.05) is 45.8 Å². The Hall–Kier alpha value is -2.93. The molecule has 0 amide bonds. The third-order valence-corrected chi connectivity index (χ3v) is 9.20. The van der Waals surface area contributed by atoms with Crippen molar-refractivity contribution in [3.05, 3.63) is 57.3 Å². The SMILES string of the molecule is CC(C)Oc1cc(C(=O)O)cc2sc(O[C@@H]3CO[C@H]4[C@@H]3OC[C@H]4OCc3c(-c4c(Cl)cccc4Cl)noc3C3CC3)nc12. The molecule has 0 radical (unpaired) electrons. The molecule has 0 unspecified atom stereocenters. The highest BCUT2D eigenvalue weighted by Crippen LogP contribution is 2.46. The molecular weight excluding hydrogens is 619 g/mol. The second-order valence-electron chi connectivity index (χ2n) is 11.1. The molecule has 4 atom stereocenters. The molecule has 2 aromatic carbocycles. The molecule has 10 nitrogen and oxygen atoms in total. The summed E-state index contributed by atoms with van der Waals surface area (Å²) in [6.07, 6.45) is 0.465. The molecule has 2 aliphatic heterocycles. The molecule has 3 aliphatic rings. The predicted molar refractivity (Wildman–Crippen MR) is 159 cm³/mol. The third kappa shape index (κ3) is 5.58. The molecule has 4 heterocycles. The first-order chi connectivity index (χ1) is 20.8. The van der Waals surface area contributed by atoms with Crippen molar-refractivity contribution in [3.63, 3.8) is 0 Å². The molecule has 13 heteroatoms. The minimum absolute atomic E-state index is 0.124. The van der Waals surface area contributed by atoms with Crippen LogP contribution in [0, 0.1) is 0 Å². The first-order valence-electron chi connectivity index (χ1n) is 14.1. The van der Waals surface area contributed by atoms with E-state index in [1.165, 1.54) is 17.4 Å². The van der Waals surface area contributed by atoms with E-state index in [1.54, 1.807) is 24.3 Å². The van der Waals surface area contributed by atoms with Gasteiger partial charge < -0.3 is 33.3 Å². The maximum atomic E-state index is 11.7. The highest BCUT2D eigenvalue weighted by molar-refractivity contribution is 7.20. The third-order valence-electron chi connectivity index (χ3n) is 7.67. The maximum absolute atomic E-state index is 11.7. The van der Waals surface area contributed by atoms with Crippen molar-refractivity contribution in [2.75, 3.05) is 13.2 Å². The number of carbonyl (C=O) groups is 1. The summed E-state index contributed by atoms with van der Waals surface area (Å²) in [6.45, 7) is 4.60. The number of ether oxygens (including phenoxy) is 5. The van der Waals surface area contributed by atoms with Crippen LogP contribution in [-0.2, 0) is 20.8 Å². The molecule has 0 spiro atoms. The normalized spacial score (nSPS) is 23.3. The number of nitrogens with zero attached hydrogens (tertiary/aromatic N) is 2. The molecule has 2 aromatic heterocycles. The average molecular weight is 648 g/mol. The molecule has 4 aromatic rings. The van der Waals surface area contributed by atoms with Crippen LogP contribution in [0.25, 0.3) is 21.5 Å². The molecule has 1 aliphatic carbocycles. The molecule has 3 fully saturated rings. The monoisotopic (exact) mass is 646 g/mol. The van der Waals surface area contributed by atoms with Gasteiger partial charge in [0.2, 0.25) is 0 Å². The molecule has 1 N–H and O–H groups in total. The van der Waals surface area contributed by atoms with Gasteiger partial charge in [0.25, 0.3) is 5.19 Å². The minimum Gasteiger partial charge on any atom is -0.489 e. The fourth-order valence-corrected chi connectivity index (χ4v) is 7.04. The Morgan fingerprint density at radius 2 is 1.84 bits per heavy atom. The highest BCUT2D eigenvalue weighted by atomic mass is 35.5. The van der Waals surface area contributed by atoms with Gasteiger partial charge in [-0.3, -0.25) is 0 Å². The van der Waals surface area contributed by atoms with E-state index >= 15 is 0 Å². The summed E-state index contributed by atoms with van der Waals surface area (Å²) in [5.41, 5.74) is 2.72. The van der Waals surface area contributed by atoms with Crippen molar-refractivity contribution in [1.29, 1.82) is 0 Å².